The molecule has 4 rings (SSSR count). The Hall–Kier alpha value is -2.44. The van der Waals surface area contributed by atoms with Gasteiger partial charge in [0, 0.05) is 49.4 Å². The van der Waals surface area contributed by atoms with Crippen LogP contribution in [0.25, 0.3) is 11.2 Å². The molecule has 1 aromatic carbocycles. The third-order valence-electron chi connectivity index (χ3n) is 4.96. The number of amides is 1. The van der Waals surface area contributed by atoms with Gasteiger partial charge in [-0.15, -0.1) is 0 Å². The van der Waals surface area contributed by atoms with Crippen molar-refractivity contribution in [2.24, 2.45) is 0 Å². The Morgan fingerprint density at radius 1 is 1.33 bits per heavy atom. The number of carbonyl (C=O) groups excluding carboxylic acids is 1. The van der Waals surface area contributed by atoms with E-state index in [1.165, 1.54) is 0 Å². The van der Waals surface area contributed by atoms with Gasteiger partial charge in [0.25, 0.3) is 5.91 Å². The Bertz CT molecular complexity index is 972. The van der Waals surface area contributed by atoms with E-state index in [-0.39, 0.29) is 11.8 Å². The molecule has 0 spiro atoms. The monoisotopic (exact) mass is 384 g/mol. The van der Waals surface area contributed by atoms with Gasteiger partial charge in [0.05, 0.1) is 6.61 Å². The number of halogens is 1. The lowest BCUT2D eigenvalue weighted by Crippen LogP contribution is -2.28. The highest BCUT2D eigenvalue weighted by molar-refractivity contribution is 6.30. The number of hydrogen-bond donors (Lipinski definition) is 0. The number of fused-ring (bicyclic) bond motifs is 1. The number of likely N-dealkylation sites (tertiary alicyclic amines) is 1. The molecular weight excluding hydrogens is 364 g/mol. The molecule has 1 aliphatic heterocycles. The Morgan fingerprint density at radius 3 is 3.04 bits per heavy atom. The summed E-state index contributed by atoms with van der Waals surface area (Å²) in [4.78, 5) is 24.0. The molecule has 0 saturated carbocycles. The molecule has 0 N–H and O–H groups in total. The quantitative estimate of drug-likeness (QED) is 0.676. The largest absolute Gasteiger partial charge is 0.383 e. The molecule has 3 aromatic rings. The summed E-state index contributed by atoms with van der Waals surface area (Å²) < 4.78 is 7.38. The number of benzene rings is 1. The molecule has 0 bridgehead atoms. The minimum atomic E-state index is 0.0117. The van der Waals surface area contributed by atoms with E-state index in [4.69, 9.17) is 21.3 Å². The second kappa shape index (κ2) is 7.66. The average Bonchev–Trinajstić information content (AvgIpc) is 3.30. The second-order valence-electron chi connectivity index (χ2n) is 6.71. The SMILES string of the molecule is COCCn1c([C@H]2CCN(C(=O)c3cccc(Cl)c3)C2)nc2cccnc21. The maximum absolute atomic E-state index is 12.8. The van der Waals surface area contributed by atoms with Crippen LogP contribution in [-0.2, 0) is 11.3 Å². The van der Waals surface area contributed by atoms with Crippen molar-refractivity contribution in [2.75, 3.05) is 26.8 Å². The Kier molecular flexibility index (Phi) is 5.09. The molecule has 1 atom stereocenters. The van der Waals surface area contributed by atoms with Crippen LogP contribution >= 0.6 is 11.6 Å². The summed E-state index contributed by atoms with van der Waals surface area (Å²) >= 11 is 6.03. The van der Waals surface area contributed by atoms with E-state index in [0.717, 1.165) is 23.4 Å². The zero-order chi connectivity index (χ0) is 18.8. The fraction of sp³-hybridized carbons (Fsp3) is 0.350. The summed E-state index contributed by atoms with van der Waals surface area (Å²) in [6.07, 6.45) is 2.66. The summed E-state index contributed by atoms with van der Waals surface area (Å²) in [6, 6.07) is 11.0. The molecular formula is C20H21ClN4O2. The van der Waals surface area contributed by atoms with E-state index in [2.05, 4.69) is 9.55 Å². The standard InChI is InChI=1S/C20H21ClN4O2/c1-27-11-10-25-18(23-17-6-3-8-22-19(17)25)15-7-9-24(13-15)20(26)14-4-2-5-16(21)12-14/h2-6,8,12,15H,7,9-11,13H2,1H3/t15-/m0/s1. The van der Waals surface area contributed by atoms with Gasteiger partial charge in [-0.2, -0.15) is 0 Å². The molecule has 3 heterocycles. The minimum absolute atomic E-state index is 0.0117. The van der Waals surface area contributed by atoms with Crippen molar-refractivity contribution in [3.63, 3.8) is 0 Å². The van der Waals surface area contributed by atoms with Gasteiger partial charge in [-0.25, -0.2) is 9.97 Å². The van der Waals surface area contributed by atoms with Crippen LogP contribution < -0.4 is 0 Å². The van der Waals surface area contributed by atoms with E-state index >= 15 is 0 Å². The number of pyridine rings is 1. The Labute approximate surface area is 162 Å². The normalized spacial score (nSPS) is 17.0. The average molecular weight is 385 g/mol. The summed E-state index contributed by atoms with van der Waals surface area (Å²) in [6.45, 7) is 2.63. The minimum Gasteiger partial charge on any atom is -0.383 e. The molecule has 1 amide bonds. The first-order valence-corrected chi connectivity index (χ1v) is 9.40. The molecule has 6 nitrogen and oxygen atoms in total. The topological polar surface area (TPSA) is 60.2 Å². The molecule has 7 heteroatoms. The van der Waals surface area contributed by atoms with Crippen LogP contribution in [0.3, 0.4) is 0 Å². The summed E-state index contributed by atoms with van der Waals surface area (Å²) in [5, 5.41) is 0.573. The molecule has 0 unspecified atom stereocenters. The number of methoxy groups -OCH3 is 1. The van der Waals surface area contributed by atoms with Crippen molar-refractivity contribution >= 4 is 28.7 Å². The van der Waals surface area contributed by atoms with Crippen LogP contribution in [0.4, 0.5) is 0 Å². The molecule has 1 saturated heterocycles. The maximum Gasteiger partial charge on any atom is 0.253 e. The van der Waals surface area contributed by atoms with Gasteiger partial charge >= 0.3 is 0 Å². The van der Waals surface area contributed by atoms with E-state index in [1.807, 2.05) is 17.0 Å². The highest BCUT2D eigenvalue weighted by Crippen LogP contribution is 2.30. The lowest BCUT2D eigenvalue weighted by atomic mass is 10.1. The molecule has 27 heavy (non-hydrogen) atoms. The number of aromatic nitrogens is 3. The lowest BCUT2D eigenvalue weighted by Gasteiger charge is -2.17. The number of ether oxygens (including phenoxy) is 1. The highest BCUT2D eigenvalue weighted by atomic mass is 35.5. The van der Waals surface area contributed by atoms with Gasteiger partial charge in [-0.3, -0.25) is 4.79 Å². The number of imidazole rings is 1. The van der Waals surface area contributed by atoms with Crippen LogP contribution in [0.5, 0.6) is 0 Å². The number of carbonyl (C=O) groups is 1. The zero-order valence-corrected chi connectivity index (χ0v) is 15.9. The van der Waals surface area contributed by atoms with E-state index in [1.54, 1.807) is 37.6 Å². The van der Waals surface area contributed by atoms with Gasteiger partial charge in [-0.05, 0) is 36.8 Å². The molecule has 2 aromatic heterocycles. The van der Waals surface area contributed by atoms with Crippen LogP contribution in [0.2, 0.25) is 5.02 Å². The lowest BCUT2D eigenvalue weighted by molar-refractivity contribution is 0.0790. The van der Waals surface area contributed by atoms with E-state index in [0.29, 0.717) is 36.8 Å². The fourth-order valence-electron chi connectivity index (χ4n) is 3.65. The molecule has 1 fully saturated rings. The van der Waals surface area contributed by atoms with Gasteiger partial charge in [0.2, 0.25) is 0 Å². The van der Waals surface area contributed by atoms with Crippen LogP contribution in [0.15, 0.2) is 42.6 Å². The van der Waals surface area contributed by atoms with Crippen molar-refractivity contribution < 1.29 is 9.53 Å². The molecule has 1 aliphatic rings. The number of hydrogen-bond acceptors (Lipinski definition) is 4. The van der Waals surface area contributed by atoms with E-state index < -0.39 is 0 Å². The Morgan fingerprint density at radius 2 is 2.22 bits per heavy atom. The first kappa shape index (κ1) is 17.9. The molecule has 0 aliphatic carbocycles. The third kappa shape index (κ3) is 3.55. The van der Waals surface area contributed by atoms with Gasteiger partial charge in [0.1, 0.15) is 11.3 Å². The predicted octanol–water partition coefficient (Wildman–Crippen LogP) is 3.36. The first-order chi connectivity index (χ1) is 13.2. The third-order valence-corrected chi connectivity index (χ3v) is 5.20. The van der Waals surface area contributed by atoms with E-state index in [9.17, 15) is 4.79 Å². The van der Waals surface area contributed by atoms with Crippen molar-refractivity contribution in [3.05, 3.63) is 59.0 Å². The van der Waals surface area contributed by atoms with Gasteiger partial charge in [0.15, 0.2) is 5.65 Å². The zero-order valence-electron chi connectivity index (χ0n) is 15.1. The fourth-order valence-corrected chi connectivity index (χ4v) is 3.84. The van der Waals surface area contributed by atoms with Crippen molar-refractivity contribution in [1.29, 1.82) is 0 Å². The Balaban J connectivity index is 1.59. The summed E-state index contributed by atoms with van der Waals surface area (Å²) in [7, 11) is 1.69. The van der Waals surface area contributed by atoms with Crippen molar-refractivity contribution in [2.45, 2.75) is 18.9 Å². The van der Waals surface area contributed by atoms with Crippen LogP contribution in [0.1, 0.15) is 28.5 Å². The molecule has 0 radical (unpaired) electrons. The second-order valence-corrected chi connectivity index (χ2v) is 7.14. The predicted molar refractivity (Wildman–Crippen MR) is 104 cm³/mol. The summed E-state index contributed by atoms with van der Waals surface area (Å²) in [5.41, 5.74) is 2.37. The van der Waals surface area contributed by atoms with Gasteiger partial charge in [-0.1, -0.05) is 17.7 Å². The smallest absolute Gasteiger partial charge is 0.253 e. The van der Waals surface area contributed by atoms with Crippen molar-refractivity contribution in [1.82, 2.24) is 19.4 Å². The van der Waals surface area contributed by atoms with Crippen molar-refractivity contribution in [3.8, 4) is 0 Å². The van der Waals surface area contributed by atoms with Crippen LogP contribution in [-0.4, -0.2) is 52.1 Å². The highest BCUT2D eigenvalue weighted by Gasteiger charge is 2.31. The molecule has 140 valence electrons. The summed E-state index contributed by atoms with van der Waals surface area (Å²) in [5.74, 6) is 1.17. The van der Waals surface area contributed by atoms with Gasteiger partial charge < -0.3 is 14.2 Å². The first-order valence-electron chi connectivity index (χ1n) is 9.02. The number of nitrogens with zero attached hydrogens (tertiary/aromatic N) is 4. The van der Waals surface area contributed by atoms with Crippen LogP contribution in [0, 0.1) is 0 Å². The number of rotatable bonds is 5. The maximum atomic E-state index is 12.8.